The Hall–Kier alpha value is -1.19. The zero-order valence-corrected chi connectivity index (χ0v) is 12.1. The van der Waals surface area contributed by atoms with Crippen LogP contribution in [0.25, 0.3) is 10.9 Å². The quantitative estimate of drug-likeness (QED) is 0.621. The highest BCUT2D eigenvalue weighted by atomic mass is 79.9. The molecule has 2 aromatic heterocycles. The van der Waals surface area contributed by atoms with Crippen LogP contribution in [0, 0.1) is 0 Å². The van der Waals surface area contributed by atoms with Gasteiger partial charge < -0.3 is 0 Å². The van der Waals surface area contributed by atoms with Crippen molar-refractivity contribution in [1.29, 1.82) is 0 Å². The minimum Gasteiger partial charge on any atom is -0.253 e. The lowest BCUT2D eigenvalue weighted by Crippen LogP contribution is -1.96. The fraction of sp³-hybridized carbons (Fsp3) is 0.133. The van der Waals surface area contributed by atoms with Gasteiger partial charge in [-0.05, 0) is 34.5 Å². The Morgan fingerprint density at radius 2 is 2.00 bits per heavy atom. The smallest absolute Gasteiger partial charge is 0.0705 e. The molecule has 0 bridgehead atoms. The van der Waals surface area contributed by atoms with Crippen LogP contribution in [0.5, 0.6) is 0 Å². The number of aromatic nitrogens is 1. The molecule has 1 nitrogen and oxygen atoms in total. The largest absolute Gasteiger partial charge is 0.253 e. The van der Waals surface area contributed by atoms with Gasteiger partial charge in [0.2, 0.25) is 0 Å². The van der Waals surface area contributed by atoms with Gasteiger partial charge in [0.05, 0.1) is 5.52 Å². The first-order chi connectivity index (χ1) is 8.83. The molecule has 2 heterocycles. The normalized spacial score (nSPS) is 12.7. The first kappa shape index (κ1) is 11.9. The summed E-state index contributed by atoms with van der Waals surface area (Å²) >= 11 is 5.46. The molecule has 3 rings (SSSR count). The number of thiophene rings is 1. The Labute approximate surface area is 119 Å². The van der Waals surface area contributed by atoms with Crippen LogP contribution in [-0.2, 0) is 6.42 Å². The molecule has 0 fully saturated rings. The van der Waals surface area contributed by atoms with Gasteiger partial charge in [-0.25, -0.2) is 0 Å². The Balaban J connectivity index is 1.86. The molecule has 1 aromatic carbocycles. The van der Waals surface area contributed by atoms with Gasteiger partial charge in [0.1, 0.15) is 0 Å². The van der Waals surface area contributed by atoms with E-state index < -0.39 is 0 Å². The first-order valence-corrected chi connectivity index (χ1v) is 7.69. The maximum absolute atomic E-state index is 4.70. The average Bonchev–Trinajstić information content (AvgIpc) is 2.92. The lowest BCUT2D eigenvalue weighted by Gasteiger charge is -2.08. The van der Waals surface area contributed by atoms with E-state index in [4.69, 9.17) is 4.98 Å². The fourth-order valence-electron chi connectivity index (χ4n) is 1.98. The second-order valence-corrected chi connectivity index (χ2v) is 6.11. The molecule has 0 amide bonds. The lowest BCUT2D eigenvalue weighted by atomic mass is 10.1. The van der Waals surface area contributed by atoms with Crippen LogP contribution in [0.2, 0.25) is 0 Å². The van der Waals surface area contributed by atoms with Gasteiger partial charge in [0.15, 0.2) is 0 Å². The number of para-hydroxylation sites is 1. The lowest BCUT2D eigenvalue weighted by molar-refractivity contribution is 0.917. The van der Waals surface area contributed by atoms with Crippen molar-refractivity contribution in [2.24, 2.45) is 0 Å². The van der Waals surface area contributed by atoms with E-state index >= 15 is 0 Å². The molecular weight excluding hydrogens is 306 g/mol. The summed E-state index contributed by atoms with van der Waals surface area (Å²) in [6, 6.07) is 14.6. The van der Waals surface area contributed by atoms with Crippen molar-refractivity contribution in [3.63, 3.8) is 0 Å². The molecule has 0 aliphatic rings. The summed E-state index contributed by atoms with van der Waals surface area (Å²) in [6.45, 7) is 0. The third-order valence-electron chi connectivity index (χ3n) is 2.95. The third kappa shape index (κ3) is 2.47. The van der Waals surface area contributed by atoms with Crippen molar-refractivity contribution in [2.45, 2.75) is 11.2 Å². The summed E-state index contributed by atoms with van der Waals surface area (Å²) in [5, 5.41) is 5.49. The van der Waals surface area contributed by atoms with Gasteiger partial charge in [0, 0.05) is 22.3 Å². The molecule has 0 radical (unpaired) electrons. The van der Waals surface area contributed by atoms with Crippen LogP contribution in [0.15, 0.2) is 53.2 Å². The highest BCUT2D eigenvalue weighted by molar-refractivity contribution is 9.09. The predicted molar refractivity (Wildman–Crippen MR) is 81.4 cm³/mol. The van der Waals surface area contributed by atoms with Crippen LogP contribution in [0.4, 0.5) is 0 Å². The average molecular weight is 318 g/mol. The predicted octanol–water partition coefficient (Wildman–Crippen LogP) is 4.98. The molecule has 18 heavy (non-hydrogen) atoms. The van der Waals surface area contributed by atoms with Gasteiger partial charge >= 0.3 is 0 Å². The topological polar surface area (TPSA) is 12.9 Å². The van der Waals surface area contributed by atoms with Crippen LogP contribution < -0.4 is 0 Å². The molecule has 90 valence electrons. The highest BCUT2D eigenvalue weighted by Crippen LogP contribution is 2.28. The van der Waals surface area contributed by atoms with E-state index in [-0.39, 0.29) is 0 Å². The molecule has 3 heteroatoms. The van der Waals surface area contributed by atoms with Crippen molar-refractivity contribution in [3.8, 4) is 0 Å². The van der Waals surface area contributed by atoms with Crippen molar-refractivity contribution in [2.75, 3.05) is 0 Å². The van der Waals surface area contributed by atoms with Crippen LogP contribution in [-0.4, -0.2) is 4.98 Å². The van der Waals surface area contributed by atoms with E-state index in [0.29, 0.717) is 4.83 Å². The van der Waals surface area contributed by atoms with Gasteiger partial charge in [-0.3, -0.25) is 4.98 Å². The number of hydrogen-bond donors (Lipinski definition) is 0. The van der Waals surface area contributed by atoms with Crippen molar-refractivity contribution in [1.82, 2.24) is 4.98 Å². The summed E-state index contributed by atoms with van der Waals surface area (Å²) in [5.74, 6) is 0. The maximum atomic E-state index is 4.70. The molecule has 0 aliphatic heterocycles. The number of pyridine rings is 1. The minimum atomic E-state index is 0.345. The second kappa shape index (κ2) is 5.21. The zero-order chi connectivity index (χ0) is 12.4. The molecule has 0 aliphatic carbocycles. The number of fused-ring (bicyclic) bond motifs is 1. The van der Waals surface area contributed by atoms with Crippen LogP contribution >= 0.6 is 27.3 Å². The standard InChI is InChI=1S/C15H12BrNS/c16-14(12-7-8-18-10-12)9-13-6-5-11-3-1-2-4-15(11)17-13/h1-8,10,14H,9H2. The summed E-state index contributed by atoms with van der Waals surface area (Å²) in [6.07, 6.45) is 0.918. The minimum absolute atomic E-state index is 0.345. The van der Waals surface area contributed by atoms with Crippen molar-refractivity contribution in [3.05, 3.63) is 64.5 Å². The molecular formula is C15H12BrNS. The van der Waals surface area contributed by atoms with Crippen LogP contribution in [0.3, 0.4) is 0 Å². The van der Waals surface area contributed by atoms with E-state index in [1.165, 1.54) is 10.9 Å². The number of rotatable bonds is 3. The third-order valence-corrected chi connectivity index (χ3v) is 4.50. The van der Waals surface area contributed by atoms with Gasteiger partial charge in [-0.1, -0.05) is 40.2 Å². The molecule has 3 aromatic rings. The first-order valence-electron chi connectivity index (χ1n) is 5.84. The second-order valence-electron chi connectivity index (χ2n) is 4.22. The number of alkyl halides is 1. The Bertz CT molecular complexity index is 648. The summed E-state index contributed by atoms with van der Waals surface area (Å²) in [7, 11) is 0. The Kier molecular flexibility index (Phi) is 3.43. The highest BCUT2D eigenvalue weighted by Gasteiger charge is 2.10. The van der Waals surface area contributed by atoms with Crippen LogP contribution in [0.1, 0.15) is 16.1 Å². The Morgan fingerprint density at radius 1 is 1.11 bits per heavy atom. The van der Waals surface area contributed by atoms with Gasteiger partial charge in [-0.15, -0.1) is 0 Å². The molecule has 0 N–H and O–H groups in total. The zero-order valence-electron chi connectivity index (χ0n) is 9.71. The summed E-state index contributed by atoms with van der Waals surface area (Å²) in [5.41, 5.74) is 3.52. The number of hydrogen-bond acceptors (Lipinski definition) is 2. The van der Waals surface area contributed by atoms with E-state index in [9.17, 15) is 0 Å². The van der Waals surface area contributed by atoms with E-state index in [0.717, 1.165) is 17.6 Å². The van der Waals surface area contributed by atoms with Gasteiger partial charge in [0.25, 0.3) is 0 Å². The Morgan fingerprint density at radius 3 is 2.83 bits per heavy atom. The SMILES string of the molecule is BrC(Cc1ccc2ccccc2n1)c1ccsc1. The fourth-order valence-corrected chi connectivity index (χ4v) is 3.48. The number of nitrogens with zero attached hydrogens (tertiary/aromatic N) is 1. The molecule has 0 saturated heterocycles. The number of halogens is 1. The monoisotopic (exact) mass is 317 g/mol. The number of benzene rings is 1. The van der Waals surface area contributed by atoms with Gasteiger partial charge in [-0.2, -0.15) is 11.3 Å². The van der Waals surface area contributed by atoms with Crippen molar-refractivity contribution < 1.29 is 0 Å². The maximum Gasteiger partial charge on any atom is 0.0705 e. The van der Waals surface area contributed by atoms with E-state index in [2.05, 4.69) is 57.0 Å². The molecule has 1 unspecified atom stereocenters. The molecule has 0 spiro atoms. The molecule has 1 atom stereocenters. The summed E-state index contributed by atoms with van der Waals surface area (Å²) in [4.78, 5) is 5.04. The van der Waals surface area contributed by atoms with E-state index in [1.807, 2.05) is 12.1 Å². The van der Waals surface area contributed by atoms with E-state index in [1.54, 1.807) is 11.3 Å². The summed E-state index contributed by atoms with van der Waals surface area (Å²) < 4.78 is 0. The molecule has 0 saturated carbocycles. The van der Waals surface area contributed by atoms with Crippen molar-refractivity contribution >= 4 is 38.2 Å².